The fraction of sp³-hybridized carbons (Fsp3) is 0.0800. The number of nitrogens with zero attached hydrogens (tertiary/aromatic N) is 3. The van der Waals surface area contributed by atoms with Gasteiger partial charge >= 0.3 is 5.97 Å². The van der Waals surface area contributed by atoms with Gasteiger partial charge in [-0.15, -0.1) is 0 Å². The number of hydrazone groups is 1. The van der Waals surface area contributed by atoms with Crippen LogP contribution in [0.25, 0.3) is 16.6 Å². The molecule has 1 heterocycles. The van der Waals surface area contributed by atoms with Crippen LogP contribution in [0.15, 0.2) is 87.8 Å². The molecule has 0 aliphatic rings. The molecule has 9 heteroatoms. The number of hydrogen-bond donors (Lipinski definition) is 2. The average molecular weight is 473 g/mol. The monoisotopic (exact) mass is 472 g/mol. The molecule has 0 fully saturated rings. The number of aryl methyl sites for hydroxylation is 1. The Morgan fingerprint density at radius 1 is 1.06 bits per heavy atom. The van der Waals surface area contributed by atoms with E-state index in [2.05, 4.69) is 15.5 Å². The molecule has 0 saturated carbocycles. The van der Waals surface area contributed by atoms with Gasteiger partial charge < -0.3 is 5.11 Å². The topological polar surface area (TPSA) is 114 Å². The molecule has 0 aliphatic carbocycles. The highest BCUT2D eigenvalue weighted by Gasteiger charge is 2.16. The predicted molar refractivity (Wildman–Crippen MR) is 132 cm³/mol. The summed E-state index contributed by atoms with van der Waals surface area (Å²) in [5, 5.41) is 14.0. The minimum absolute atomic E-state index is 0.0470. The molecule has 0 radical (unpaired) electrons. The van der Waals surface area contributed by atoms with Crippen molar-refractivity contribution in [2.45, 2.75) is 12.1 Å². The standard InChI is InChI=1S/C25H20N4O4S/c1-16-8-2-7-13-21(16)29-23(31)19-11-5-6-12-20(19)27-25(29)34-15-22(30)28-26-14-17-9-3-4-10-18(17)24(32)33/h2-14H,15H2,1H3,(H,28,30)(H,32,33)/b26-14-. The van der Waals surface area contributed by atoms with Gasteiger partial charge in [0.15, 0.2) is 5.16 Å². The first-order chi connectivity index (χ1) is 16.5. The Morgan fingerprint density at radius 2 is 1.76 bits per heavy atom. The molecule has 0 bridgehead atoms. The second-order valence-electron chi connectivity index (χ2n) is 7.31. The molecule has 2 N–H and O–H groups in total. The fourth-order valence-electron chi connectivity index (χ4n) is 3.38. The van der Waals surface area contributed by atoms with E-state index in [9.17, 15) is 19.5 Å². The number of rotatable bonds is 7. The lowest BCUT2D eigenvalue weighted by Gasteiger charge is -2.14. The van der Waals surface area contributed by atoms with E-state index in [0.717, 1.165) is 17.3 Å². The first-order valence-electron chi connectivity index (χ1n) is 10.3. The third-order valence-corrected chi connectivity index (χ3v) is 5.96. The third-order valence-electron chi connectivity index (χ3n) is 5.02. The fourth-order valence-corrected chi connectivity index (χ4v) is 4.17. The Hall–Kier alpha value is -4.24. The van der Waals surface area contributed by atoms with Crippen LogP contribution < -0.4 is 11.0 Å². The lowest BCUT2D eigenvalue weighted by molar-refractivity contribution is -0.118. The van der Waals surface area contributed by atoms with Crippen LogP contribution in [0.1, 0.15) is 21.5 Å². The number of carboxylic acid groups (broad SMARTS) is 1. The van der Waals surface area contributed by atoms with Gasteiger partial charge in [-0.1, -0.05) is 60.3 Å². The number of aromatic nitrogens is 2. The Morgan fingerprint density at radius 3 is 2.56 bits per heavy atom. The number of aromatic carboxylic acids is 1. The van der Waals surface area contributed by atoms with E-state index in [-0.39, 0.29) is 16.9 Å². The van der Waals surface area contributed by atoms with Crippen LogP contribution in [-0.2, 0) is 4.79 Å². The van der Waals surface area contributed by atoms with Gasteiger partial charge in [0.2, 0.25) is 0 Å². The maximum atomic E-state index is 13.3. The van der Waals surface area contributed by atoms with Crippen molar-refractivity contribution in [2.24, 2.45) is 5.10 Å². The van der Waals surface area contributed by atoms with Crippen LogP contribution in [0, 0.1) is 6.92 Å². The molecule has 3 aromatic carbocycles. The quantitative estimate of drug-likeness (QED) is 0.184. The Kier molecular flexibility index (Phi) is 6.84. The predicted octanol–water partition coefficient (Wildman–Crippen LogP) is 3.63. The number of carbonyl (C=O) groups excluding carboxylic acids is 1. The van der Waals surface area contributed by atoms with Crippen LogP contribution in [0.5, 0.6) is 0 Å². The molecule has 0 spiro atoms. The summed E-state index contributed by atoms with van der Waals surface area (Å²) in [4.78, 5) is 41.6. The molecule has 0 atom stereocenters. The van der Waals surface area contributed by atoms with Gasteiger partial charge in [-0.05, 0) is 36.8 Å². The van der Waals surface area contributed by atoms with Crippen LogP contribution in [-0.4, -0.2) is 38.5 Å². The number of carbonyl (C=O) groups is 2. The summed E-state index contributed by atoms with van der Waals surface area (Å²) in [5.41, 5.74) is 4.76. The Labute approximate surface area is 199 Å². The van der Waals surface area contributed by atoms with Crippen molar-refractivity contribution < 1.29 is 14.7 Å². The molecule has 1 amide bonds. The normalized spacial score (nSPS) is 11.1. The van der Waals surface area contributed by atoms with E-state index in [1.54, 1.807) is 42.5 Å². The summed E-state index contributed by atoms with van der Waals surface area (Å²) in [5.74, 6) is -1.55. The van der Waals surface area contributed by atoms with Crippen LogP contribution in [0.2, 0.25) is 0 Å². The lowest BCUT2D eigenvalue weighted by atomic mass is 10.1. The maximum Gasteiger partial charge on any atom is 0.336 e. The lowest BCUT2D eigenvalue weighted by Crippen LogP contribution is -2.24. The first kappa shape index (κ1) is 22.9. The van der Waals surface area contributed by atoms with Crippen molar-refractivity contribution in [2.75, 3.05) is 5.75 Å². The molecule has 0 aliphatic heterocycles. The molecule has 0 unspecified atom stereocenters. The van der Waals surface area contributed by atoms with Crippen molar-refractivity contribution in [3.05, 3.63) is 99.8 Å². The van der Waals surface area contributed by atoms with E-state index in [0.29, 0.717) is 27.3 Å². The van der Waals surface area contributed by atoms with Gasteiger partial charge in [0.05, 0.1) is 34.1 Å². The van der Waals surface area contributed by atoms with Crippen molar-refractivity contribution in [3.8, 4) is 5.69 Å². The third kappa shape index (κ3) is 4.89. The summed E-state index contributed by atoms with van der Waals surface area (Å²) < 4.78 is 1.52. The summed E-state index contributed by atoms with van der Waals surface area (Å²) in [7, 11) is 0. The number of hydrogen-bond acceptors (Lipinski definition) is 6. The van der Waals surface area contributed by atoms with Crippen molar-refractivity contribution in [1.29, 1.82) is 0 Å². The van der Waals surface area contributed by atoms with E-state index in [1.807, 2.05) is 31.2 Å². The van der Waals surface area contributed by atoms with Crippen molar-refractivity contribution >= 4 is 40.8 Å². The maximum absolute atomic E-state index is 13.3. The number of fused-ring (bicyclic) bond motifs is 1. The molecule has 170 valence electrons. The van der Waals surface area contributed by atoms with Crippen molar-refractivity contribution in [1.82, 2.24) is 15.0 Å². The molecule has 4 rings (SSSR count). The SMILES string of the molecule is Cc1ccccc1-n1c(SCC(=O)N/N=C\c2ccccc2C(=O)O)nc2ccccc2c1=O. The number of benzene rings is 3. The number of para-hydroxylation sites is 2. The molecular weight excluding hydrogens is 452 g/mol. The first-order valence-corrected chi connectivity index (χ1v) is 11.3. The van der Waals surface area contributed by atoms with Crippen LogP contribution >= 0.6 is 11.8 Å². The molecule has 8 nitrogen and oxygen atoms in total. The number of nitrogens with one attached hydrogen (secondary N) is 1. The van der Waals surface area contributed by atoms with E-state index < -0.39 is 11.9 Å². The molecule has 0 saturated heterocycles. The number of thioether (sulfide) groups is 1. The average Bonchev–Trinajstić information content (AvgIpc) is 2.84. The van der Waals surface area contributed by atoms with Gasteiger partial charge in [0, 0.05) is 5.56 Å². The highest BCUT2D eigenvalue weighted by atomic mass is 32.2. The summed E-state index contributed by atoms with van der Waals surface area (Å²) in [6.07, 6.45) is 1.28. The van der Waals surface area contributed by atoms with Crippen molar-refractivity contribution in [3.63, 3.8) is 0 Å². The summed E-state index contributed by atoms with van der Waals surface area (Å²) in [6, 6.07) is 20.9. The second-order valence-corrected chi connectivity index (χ2v) is 8.26. The molecular formula is C25H20N4O4S. The zero-order valence-corrected chi connectivity index (χ0v) is 19.0. The van der Waals surface area contributed by atoms with Gasteiger partial charge in [0.25, 0.3) is 11.5 Å². The second kappa shape index (κ2) is 10.1. The molecule has 4 aromatic rings. The number of amides is 1. The summed E-state index contributed by atoms with van der Waals surface area (Å²) >= 11 is 1.11. The zero-order chi connectivity index (χ0) is 24.1. The zero-order valence-electron chi connectivity index (χ0n) is 18.1. The van der Waals surface area contributed by atoms with Gasteiger partial charge in [0.1, 0.15) is 0 Å². The largest absolute Gasteiger partial charge is 0.478 e. The van der Waals surface area contributed by atoms with E-state index in [4.69, 9.17) is 0 Å². The smallest absolute Gasteiger partial charge is 0.336 e. The summed E-state index contributed by atoms with van der Waals surface area (Å²) in [6.45, 7) is 1.90. The van der Waals surface area contributed by atoms with E-state index >= 15 is 0 Å². The van der Waals surface area contributed by atoms with Gasteiger partial charge in [-0.2, -0.15) is 5.10 Å². The minimum Gasteiger partial charge on any atom is -0.478 e. The molecule has 1 aromatic heterocycles. The van der Waals surface area contributed by atoms with Crippen LogP contribution in [0.4, 0.5) is 0 Å². The molecule has 34 heavy (non-hydrogen) atoms. The minimum atomic E-state index is -1.08. The van der Waals surface area contributed by atoms with Gasteiger partial charge in [-0.3, -0.25) is 14.2 Å². The highest BCUT2D eigenvalue weighted by Crippen LogP contribution is 2.23. The Bertz CT molecular complexity index is 1480. The van der Waals surface area contributed by atoms with Gasteiger partial charge in [-0.25, -0.2) is 15.2 Å². The Balaban J connectivity index is 1.57. The number of carboxylic acids is 1. The van der Waals surface area contributed by atoms with E-state index in [1.165, 1.54) is 16.8 Å². The van der Waals surface area contributed by atoms with Crippen LogP contribution in [0.3, 0.4) is 0 Å². The highest BCUT2D eigenvalue weighted by molar-refractivity contribution is 7.99.